The van der Waals surface area contributed by atoms with Crippen molar-refractivity contribution in [1.29, 1.82) is 0 Å². The molecule has 0 heterocycles. The first-order valence-corrected chi connectivity index (χ1v) is 9.91. The second-order valence-electron chi connectivity index (χ2n) is 8.35. The lowest BCUT2D eigenvalue weighted by Crippen LogP contribution is -2.31. The Morgan fingerprint density at radius 2 is 1.54 bits per heavy atom. The van der Waals surface area contributed by atoms with Gasteiger partial charge in [0.05, 0.1) is 0 Å². The molecule has 2 saturated carbocycles. The smallest absolute Gasteiger partial charge is 0.0387 e. The van der Waals surface area contributed by atoms with Crippen molar-refractivity contribution in [2.45, 2.75) is 31.1 Å². The maximum Gasteiger partial charge on any atom is 0.0387 e. The lowest BCUT2D eigenvalue weighted by Gasteiger charge is -2.36. The fraction of sp³-hybridized carbons (Fsp3) is 0.280. The Morgan fingerprint density at radius 1 is 0.731 bits per heavy atom. The molecule has 3 unspecified atom stereocenters. The molecule has 3 aliphatic carbocycles. The van der Waals surface area contributed by atoms with Crippen LogP contribution < -0.4 is 5.32 Å². The van der Waals surface area contributed by atoms with E-state index >= 15 is 0 Å². The molecule has 1 heteroatoms. The number of benzene rings is 3. The van der Waals surface area contributed by atoms with Crippen molar-refractivity contribution in [3.63, 3.8) is 0 Å². The number of para-hydroxylation sites is 1. The highest BCUT2D eigenvalue weighted by molar-refractivity contribution is 5.84. The summed E-state index contributed by atoms with van der Waals surface area (Å²) in [4.78, 5) is 0. The Labute approximate surface area is 155 Å². The molecule has 1 nitrogen and oxygen atoms in total. The molecule has 2 bridgehead atoms. The molecule has 3 aliphatic rings. The Balaban J connectivity index is 1.51. The molecule has 128 valence electrons. The third-order valence-corrected chi connectivity index (χ3v) is 7.11. The third kappa shape index (κ3) is 1.86. The molecular weight excluding hydrogens is 314 g/mol. The van der Waals surface area contributed by atoms with Crippen LogP contribution >= 0.6 is 0 Å². The second kappa shape index (κ2) is 5.23. The standard InChI is InChI=1S/C25H23N/c1-2-6-19(7-3-1)26-20-12-13-22-21-8-4-5-9-23(21)25(24(22)15-20)16-17-10-11-18(25)14-17/h1-9,12-13,15,17-18,26H,10-11,14,16H2. The number of hydrogen-bond acceptors (Lipinski definition) is 1. The van der Waals surface area contributed by atoms with Gasteiger partial charge >= 0.3 is 0 Å². The predicted molar refractivity (Wildman–Crippen MR) is 108 cm³/mol. The molecule has 2 fully saturated rings. The molecule has 0 aliphatic heterocycles. The Morgan fingerprint density at radius 3 is 2.35 bits per heavy atom. The van der Waals surface area contributed by atoms with Crippen LogP contribution in [0.2, 0.25) is 0 Å². The van der Waals surface area contributed by atoms with Gasteiger partial charge in [-0.3, -0.25) is 0 Å². The third-order valence-electron chi connectivity index (χ3n) is 7.11. The van der Waals surface area contributed by atoms with Gasteiger partial charge in [0.25, 0.3) is 0 Å². The van der Waals surface area contributed by atoms with E-state index in [9.17, 15) is 0 Å². The number of anilines is 2. The van der Waals surface area contributed by atoms with Gasteiger partial charge in [-0.2, -0.15) is 0 Å². The van der Waals surface area contributed by atoms with Gasteiger partial charge in [-0.15, -0.1) is 0 Å². The van der Waals surface area contributed by atoms with Gasteiger partial charge in [-0.05, 0) is 77.6 Å². The van der Waals surface area contributed by atoms with Gasteiger partial charge in [0, 0.05) is 16.8 Å². The van der Waals surface area contributed by atoms with Crippen molar-refractivity contribution in [3.8, 4) is 11.1 Å². The van der Waals surface area contributed by atoms with E-state index in [-0.39, 0.29) is 5.41 Å². The van der Waals surface area contributed by atoms with Gasteiger partial charge in [-0.1, -0.05) is 55.0 Å². The fourth-order valence-electron chi connectivity index (χ4n) is 6.16. The molecule has 1 spiro atoms. The molecular formula is C25H23N. The number of nitrogens with one attached hydrogen (secondary N) is 1. The summed E-state index contributed by atoms with van der Waals surface area (Å²) in [5.41, 5.74) is 8.75. The van der Waals surface area contributed by atoms with E-state index in [1.54, 1.807) is 11.1 Å². The highest BCUT2D eigenvalue weighted by atomic mass is 14.9. The largest absolute Gasteiger partial charge is 0.356 e. The van der Waals surface area contributed by atoms with Crippen LogP contribution in [0.15, 0.2) is 72.8 Å². The molecule has 0 amide bonds. The summed E-state index contributed by atoms with van der Waals surface area (Å²) in [6.07, 6.45) is 5.60. The van der Waals surface area contributed by atoms with Gasteiger partial charge < -0.3 is 5.32 Å². The van der Waals surface area contributed by atoms with E-state index in [1.807, 2.05) is 0 Å². The summed E-state index contributed by atoms with van der Waals surface area (Å²) in [7, 11) is 0. The van der Waals surface area contributed by atoms with Crippen LogP contribution in [0, 0.1) is 11.8 Å². The minimum atomic E-state index is 0.267. The van der Waals surface area contributed by atoms with Crippen molar-refractivity contribution in [1.82, 2.24) is 0 Å². The zero-order valence-electron chi connectivity index (χ0n) is 14.9. The minimum Gasteiger partial charge on any atom is -0.356 e. The first-order valence-electron chi connectivity index (χ1n) is 9.91. The topological polar surface area (TPSA) is 12.0 Å². The molecule has 0 saturated heterocycles. The van der Waals surface area contributed by atoms with Crippen molar-refractivity contribution in [2.24, 2.45) is 11.8 Å². The van der Waals surface area contributed by atoms with E-state index in [4.69, 9.17) is 0 Å². The molecule has 3 atom stereocenters. The van der Waals surface area contributed by atoms with Gasteiger partial charge in [-0.25, -0.2) is 0 Å². The van der Waals surface area contributed by atoms with Gasteiger partial charge in [0.15, 0.2) is 0 Å². The average molecular weight is 337 g/mol. The van der Waals surface area contributed by atoms with E-state index in [0.717, 1.165) is 17.5 Å². The summed E-state index contributed by atoms with van der Waals surface area (Å²) in [6, 6.07) is 26.7. The molecule has 3 aromatic rings. The number of hydrogen-bond donors (Lipinski definition) is 1. The van der Waals surface area contributed by atoms with Gasteiger partial charge in [0.2, 0.25) is 0 Å². The highest BCUT2D eigenvalue weighted by Gasteiger charge is 2.56. The van der Waals surface area contributed by atoms with Crippen LogP contribution in [0.1, 0.15) is 36.8 Å². The summed E-state index contributed by atoms with van der Waals surface area (Å²) < 4.78 is 0. The fourth-order valence-corrected chi connectivity index (χ4v) is 6.16. The molecule has 0 aromatic heterocycles. The SMILES string of the molecule is c1ccc(Nc2ccc3c(c2)C2(CC4CCC2C4)c2ccccc2-3)cc1. The van der Waals surface area contributed by atoms with Crippen LogP contribution in [0.3, 0.4) is 0 Å². The Bertz CT molecular complexity index is 990. The maximum atomic E-state index is 3.61. The molecule has 26 heavy (non-hydrogen) atoms. The summed E-state index contributed by atoms with van der Waals surface area (Å²) in [5, 5.41) is 3.61. The average Bonchev–Trinajstić information content (AvgIpc) is 3.37. The van der Waals surface area contributed by atoms with Crippen molar-refractivity contribution in [2.75, 3.05) is 5.32 Å². The molecule has 6 rings (SSSR count). The van der Waals surface area contributed by atoms with Crippen molar-refractivity contribution in [3.05, 3.63) is 83.9 Å². The van der Waals surface area contributed by atoms with E-state index in [2.05, 4.69) is 78.1 Å². The quantitative estimate of drug-likeness (QED) is 0.561. The normalized spacial score (nSPS) is 27.5. The van der Waals surface area contributed by atoms with Gasteiger partial charge in [0.1, 0.15) is 0 Å². The van der Waals surface area contributed by atoms with Crippen LogP contribution in [0.5, 0.6) is 0 Å². The van der Waals surface area contributed by atoms with Crippen molar-refractivity contribution >= 4 is 11.4 Å². The molecule has 1 N–H and O–H groups in total. The minimum absolute atomic E-state index is 0.267. The summed E-state index contributed by atoms with van der Waals surface area (Å²) >= 11 is 0. The number of fused-ring (bicyclic) bond motifs is 8. The van der Waals surface area contributed by atoms with Crippen LogP contribution in [-0.2, 0) is 5.41 Å². The monoisotopic (exact) mass is 337 g/mol. The first-order chi connectivity index (χ1) is 12.8. The van der Waals surface area contributed by atoms with Crippen LogP contribution in [0.4, 0.5) is 11.4 Å². The first kappa shape index (κ1) is 14.6. The highest BCUT2D eigenvalue weighted by Crippen LogP contribution is 2.65. The van der Waals surface area contributed by atoms with Crippen LogP contribution in [-0.4, -0.2) is 0 Å². The molecule has 0 radical (unpaired) electrons. The molecule has 3 aromatic carbocycles. The summed E-state index contributed by atoms with van der Waals surface area (Å²) in [6.45, 7) is 0. The predicted octanol–water partition coefficient (Wildman–Crippen LogP) is 6.52. The number of rotatable bonds is 2. The lowest BCUT2D eigenvalue weighted by molar-refractivity contribution is 0.327. The maximum absolute atomic E-state index is 3.61. The zero-order chi connectivity index (χ0) is 17.1. The Kier molecular flexibility index (Phi) is 2.94. The van der Waals surface area contributed by atoms with Crippen LogP contribution in [0.25, 0.3) is 11.1 Å². The van der Waals surface area contributed by atoms with E-state index in [1.165, 1.54) is 42.5 Å². The second-order valence-corrected chi connectivity index (χ2v) is 8.35. The van der Waals surface area contributed by atoms with Crippen molar-refractivity contribution < 1.29 is 0 Å². The van der Waals surface area contributed by atoms with E-state index < -0.39 is 0 Å². The Hall–Kier alpha value is -2.54. The zero-order valence-corrected chi connectivity index (χ0v) is 14.9. The lowest BCUT2D eigenvalue weighted by atomic mass is 9.67. The summed E-state index contributed by atoms with van der Waals surface area (Å²) in [5.74, 6) is 1.74. The van der Waals surface area contributed by atoms with E-state index in [0.29, 0.717) is 0 Å².